The second-order valence-corrected chi connectivity index (χ2v) is 3.46. The summed E-state index contributed by atoms with van der Waals surface area (Å²) in [4.78, 5) is 8.50. The number of hydrogen-bond acceptors (Lipinski definition) is 4. The highest BCUT2D eigenvalue weighted by Gasteiger charge is 2.04. The molecule has 0 aromatic carbocycles. The van der Waals surface area contributed by atoms with Crippen LogP contribution in [0.4, 0.5) is 5.95 Å². The Morgan fingerprint density at radius 3 is 2.79 bits per heavy atom. The summed E-state index contributed by atoms with van der Waals surface area (Å²) in [6.45, 7) is 6.65. The van der Waals surface area contributed by atoms with Gasteiger partial charge in [0.2, 0.25) is 5.95 Å². The molecule has 0 aliphatic carbocycles. The van der Waals surface area contributed by atoms with Gasteiger partial charge in [-0.1, -0.05) is 0 Å². The Bertz CT molecular complexity index is 301. The fourth-order valence-corrected chi connectivity index (χ4v) is 1.11. The van der Waals surface area contributed by atoms with Gasteiger partial charge in [0.25, 0.3) is 0 Å². The van der Waals surface area contributed by atoms with Gasteiger partial charge in [0.05, 0.1) is 6.61 Å². The number of aromatic nitrogens is 2. The molecule has 1 rings (SSSR count). The largest absolute Gasteiger partial charge is 0.383 e. The quantitative estimate of drug-likeness (QED) is 0.791. The summed E-state index contributed by atoms with van der Waals surface area (Å²) >= 11 is 0. The molecule has 1 heterocycles. The lowest BCUT2D eigenvalue weighted by molar-refractivity contribution is 0.190. The van der Waals surface area contributed by atoms with Crippen molar-refractivity contribution in [2.24, 2.45) is 0 Å². The molecule has 0 saturated heterocycles. The van der Waals surface area contributed by atoms with Gasteiger partial charge >= 0.3 is 0 Å². The minimum absolute atomic E-state index is 0.224. The van der Waals surface area contributed by atoms with Crippen LogP contribution in [0, 0.1) is 13.8 Å². The molecule has 0 bridgehead atoms. The molecule has 1 atom stereocenters. The Hall–Kier alpha value is -1.16. The summed E-state index contributed by atoms with van der Waals surface area (Å²) in [5.74, 6) is 0.664. The number of methoxy groups -OCH3 is 1. The maximum Gasteiger partial charge on any atom is 0.223 e. The van der Waals surface area contributed by atoms with Crippen molar-refractivity contribution in [2.45, 2.75) is 26.8 Å². The first-order chi connectivity index (χ1) is 6.63. The van der Waals surface area contributed by atoms with Crippen molar-refractivity contribution in [3.8, 4) is 0 Å². The zero-order chi connectivity index (χ0) is 10.6. The standard InChI is InChI=1S/C10H17N3O/c1-7-5-11-10(13-9(7)3)12-8(2)6-14-4/h5,8H,6H2,1-4H3,(H,11,12,13). The summed E-state index contributed by atoms with van der Waals surface area (Å²) in [5, 5.41) is 3.16. The Morgan fingerprint density at radius 1 is 1.50 bits per heavy atom. The van der Waals surface area contributed by atoms with Crippen molar-refractivity contribution in [2.75, 3.05) is 19.0 Å². The molecule has 4 nitrogen and oxygen atoms in total. The maximum atomic E-state index is 5.01. The first-order valence-electron chi connectivity index (χ1n) is 4.69. The molecule has 0 aliphatic rings. The summed E-state index contributed by atoms with van der Waals surface area (Å²) in [7, 11) is 1.68. The molecule has 0 radical (unpaired) electrons. The molecule has 0 saturated carbocycles. The van der Waals surface area contributed by atoms with Crippen molar-refractivity contribution in [3.63, 3.8) is 0 Å². The van der Waals surface area contributed by atoms with Gasteiger partial charge in [-0.15, -0.1) is 0 Å². The van der Waals surface area contributed by atoms with Gasteiger partial charge in [-0.2, -0.15) is 0 Å². The van der Waals surface area contributed by atoms with Gasteiger partial charge in [0.15, 0.2) is 0 Å². The van der Waals surface area contributed by atoms with Crippen LogP contribution in [0.2, 0.25) is 0 Å². The molecule has 4 heteroatoms. The second kappa shape index (κ2) is 4.91. The van der Waals surface area contributed by atoms with Crippen molar-refractivity contribution in [1.29, 1.82) is 0 Å². The topological polar surface area (TPSA) is 47.0 Å². The lowest BCUT2D eigenvalue weighted by atomic mass is 10.3. The molecular formula is C10H17N3O. The number of hydrogen-bond donors (Lipinski definition) is 1. The molecule has 14 heavy (non-hydrogen) atoms. The second-order valence-electron chi connectivity index (χ2n) is 3.46. The highest BCUT2D eigenvalue weighted by atomic mass is 16.5. The summed E-state index contributed by atoms with van der Waals surface area (Å²) in [5.41, 5.74) is 2.11. The van der Waals surface area contributed by atoms with E-state index in [-0.39, 0.29) is 6.04 Å². The van der Waals surface area contributed by atoms with Crippen LogP contribution in [-0.2, 0) is 4.74 Å². The van der Waals surface area contributed by atoms with Crippen LogP contribution in [0.25, 0.3) is 0 Å². The van der Waals surface area contributed by atoms with E-state index in [2.05, 4.69) is 15.3 Å². The van der Waals surface area contributed by atoms with Crippen molar-refractivity contribution >= 4 is 5.95 Å². The zero-order valence-corrected chi connectivity index (χ0v) is 9.16. The van der Waals surface area contributed by atoms with Gasteiger partial charge in [0.1, 0.15) is 0 Å². The van der Waals surface area contributed by atoms with E-state index in [4.69, 9.17) is 4.74 Å². The van der Waals surface area contributed by atoms with Gasteiger partial charge in [-0.3, -0.25) is 0 Å². The van der Waals surface area contributed by atoms with E-state index in [0.29, 0.717) is 12.6 Å². The number of nitrogens with one attached hydrogen (secondary N) is 1. The van der Waals surface area contributed by atoms with Crippen molar-refractivity contribution < 1.29 is 4.74 Å². The molecule has 1 aromatic rings. The van der Waals surface area contributed by atoms with Gasteiger partial charge in [-0.25, -0.2) is 9.97 Å². The normalized spacial score (nSPS) is 12.6. The third kappa shape index (κ3) is 2.96. The summed E-state index contributed by atoms with van der Waals surface area (Å²) in [6.07, 6.45) is 1.82. The van der Waals surface area contributed by atoms with Crippen LogP contribution >= 0.6 is 0 Å². The molecule has 0 amide bonds. The monoisotopic (exact) mass is 195 g/mol. The highest BCUT2D eigenvalue weighted by molar-refractivity contribution is 5.29. The molecular weight excluding hydrogens is 178 g/mol. The molecule has 1 aromatic heterocycles. The van der Waals surface area contributed by atoms with E-state index in [1.165, 1.54) is 0 Å². The van der Waals surface area contributed by atoms with Crippen LogP contribution in [0.1, 0.15) is 18.2 Å². The van der Waals surface area contributed by atoms with Crippen LogP contribution < -0.4 is 5.32 Å². The predicted molar refractivity (Wildman–Crippen MR) is 56.5 cm³/mol. The predicted octanol–water partition coefficient (Wildman–Crippen LogP) is 1.54. The number of rotatable bonds is 4. The van der Waals surface area contributed by atoms with Gasteiger partial charge < -0.3 is 10.1 Å². The molecule has 78 valence electrons. The average Bonchev–Trinajstić information content (AvgIpc) is 2.12. The lowest BCUT2D eigenvalue weighted by Gasteiger charge is -2.12. The van der Waals surface area contributed by atoms with Crippen LogP contribution in [0.5, 0.6) is 0 Å². The summed E-state index contributed by atoms with van der Waals surface area (Å²) < 4.78 is 5.01. The van der Waals surface area contributed by atoms with Crippen LogP contribution in [0.15, 0.2) is 6.20 Å². The average molecular weight is 195 g/mol. The van der Waals surface area contributed by atoms with Crippen LogP contribution in [-0.4, -0.2) is 29.7 Å². The maximum absolute atomic E-state index is 5.01. The van der Waals surface area contributed by atoms with Gasteiger partial charge in [-0.05, 0) is 26.3 Å². The number of ether oxygens (including phenoxy) is 1. The van der Waals surface area contributed by atoms with E-state index >= 15 is 0 Å². The van der Waals surface area contributed by atoms with E-state index in [1.807, 2.05) is 27.0 Å². The van der Waals surface area contributed by atoms with E-state index < -0.39 is 0 Å². The van der Waals surface area contributed by atoms with Crippen molar-refractivity contribution in [3.05, 3.63) is 17.5 Å². The molecule has 0 spiro atoms. The fraction of sp³-hybridized carbons (Fsp3) is 0.600. The number of aryl methyl sites for hydroxylation is 2. The minimum Gasteiger partial charge on any atom is -0.383 e. The van der Waals surface area contributed by atoms with Crippen molar-refractivity contribution in [1.82, 2.24) is 9.97 Å². The van der Waals surface area contributed by atoms with Gasteiger partial charge in [0, 0.05) is 25.0 Å². The van der Waals surface area contributed by atoms with E-state index in [1.54, 1.807) is 7.11 Å². The smallest absolute Gasteiger partial charge is 0.223 e. The SMILES string of the molecule is COCC(C)Nc1ncc(C)c(C)n1. The highest BCUT2D eigenvalue weighted by Crippen LogP contribution is 2.06. The van der Waals surface area contributed by atoms with E-state index in [9.17, 15) is 0 Å². The summed E-state index contributed by atoms with van der Waals surface area (Å²) in [6, 6.07) is 0.224. The molecule has 0 aliphatic heterocycles. The molecule has 1 N–H and O–H groups in total. The zero-order valence-electron chi connectivity index (χ0n) is 9.16. The number of nitrogens with zero attached hydrogens (tertiary/aromatic N) is 2. The first-order valence-corrected chi connectivity index (χ1v) is 4.69. The molecule has 1 unspecified atom stereocenters. The Labute approximate surface area is 84.7 Å². The lowest BCUT2D eigenvalue weighted by Crippen LogP contribution is -2.22. The Balaban J connectivity index is 2.63. The van der Waals surface area contributed by atoms with E-state index in [0.717, 1.165) is 11.3 Å². The number of anilines is 1. The third-order valence-electron chi connectivity index (χ3n) is 2.02. The Kier molecular flexibility index (Phi) is 3.83. The van der Waals surface area contributed by atoms with Crippen LogP contribution in [0.3, 0.4) is 0 Å². The fourth-order valence-electron chi connectivity index (χ4n) is 1.11. The molecule has 0 fully saturated rings. The Morgan fingerprint density at radius 2 is 2.21 bits per heavy atom. The minimum atomic E-state index is 0.224. The first kappa shape index (κ1) is 10.9. The third-order valence-corrected chi connectivity index (χ3v) is 2.02.